The second-order valence-corrected chi connectivity index (χ2v) is 33.3. The predicted molar refractivity (Wildman–Crippen MR) is 431 cm³/mol. The number of carbonyl (C=O) groups is 9. The van der Waals surface area contributed by atoms with E-state index < -0.39 is 71.9 Å². The first-order chi connectivity index (χ1) is 55.8. The number of nitrogens with zero attached hydrogens (tertiary/aromatic N) is 1. The van der Waals surface area contributed by atoms with Gasteiger partial charge in [-0.1, -0.05) is 78.6 Å². The molecule has 4 aliphatic rings. The molecule has 0 aromatic heterocycles. The van der Waals surface area contributed by atoms with E-state index in [4.69, 9.17) is 33.2 Å². The maximum Gasteiger partial charge on any atom is 0.407 e. The minimum atomic E-state index is -1.01. The third-order valence-corrected chi connectivity index (χ3v) is 24.1. The van der Waals surface area contributed by atoms with Gasteiger partial charge < -0.3 is 110 Å². The molecule has 4 rings (SSSR count). The van der Waals surface area contributed by atoms with E-state index in [1.807, 2.05) is 0 Å². The van der Waals surface area contributed by atoms with Gasteiger partial charge in [0.2, 0.25) is 23.6 Å². The van der Waals surface area contributed by atoms with Crippen LogP contribution >= 0.6 is 0 Å². The van der Waals surface area contributed by atoms with Crippen molar-refractivity contribution in [2.45, 2.75) is 350 Å². The minimum absolute atomic E-state index is 0. The summed E-state index contributed by atoms with van der Waals surface area (Å²) in [6.45, 7) is 7.31. The van der Waals surface area contributed by atoms with Crippen LogP contribution in [0.3, 0.4) is 0 Å². The Bertz CT molecular complexity index is 2540. The summed E-state index contributed by atoms with van der Waals surface area (Å²) in [6, 6.07) is -0.321. The number of ketones is 2. The first kappa shape index (κ1) is 107. The predicted octanol–water partition coefficient (Wildman–Crippen LogP) is 5.94. The van der Waals surface area contributed by atoms with Crippen LogP contribution in [0.5, 0.6) is 0 Å². The summed E-state index contributed by atoms with van der Waals surface area (Å²) in [7, 11) is 1.57. The van der Waals surface area contributed by atoms with Gasteiger partial charge in [0.05, 0.1) is 93.5 Å². The van der Waals surface area contributed by atoms with Crippen molar-refractivity contribution in [2.75, 3.05) is 99.4 Å². The molecule has 675 valence electrons. The molecule has 1 saturated heterocycles. The van der Waals surface area contributed by atoms with Crippen LogP contribution in [0.4, 0.5) is 4.79 Å². The van der Waals surface area contributed by atoms with E-state index in [1.165, 1.54) is 0 Å². The number of aliphatic hydroxyl groups is 10. The molecule has 1 radical (unpaired) electrons. The van der Waals surface area contributed by atoms with Crippen LogP contribution in [0.25, 0.3) is 0 Å². The largest absolute Gasteiger partial charge is 0.466 e. The molecule has 0 spiro atoms. The molecular weight excluding hydrogens is 1600 g/mol. The van der Waals surface area contributed by atoms with Gasteiger partial charge in [-0.2, -0.15) is 0 Å². The SMILES string of the molecule is CO[C@H]1C[C@H](CO)N(C(=O)CCCCC(=O)CCC(=O)NC(CCCOC(=O)CCCCCCCNC(=O)CCCOC2CC(CO)C(O)C(O)C2C)(CCCOC(=O)CCCCCCCNC(=O)CCCOC2CC(CO)C(O)C(O)C2C)CCCOC(=O)NCCCCCCCC(=O)CCCOC2CC(CO)C(O)C(O)C2C)C1.[Y]. The zero-order valence-electron chi connectivity index (χ0n) is 71.0. The topological polar surface area (TPSA) is 472 Å². The molecular formula is C85H151N5O26Y. The Labute approximate surface area is 720 Å². The fraction of sp³-hybridized carbons (Fsp3) is 0.894. The van der Waals surface area contributed by atoms with Crippen molar-refractivity contribution in [2.24, 2.45) is 35.5 Å². The Morgan fingerprint density at radius 1 is 0.368 bits per heavy atom. The third kappa shape index (κ3) is 43.2. The number of likely N-dealkylation sites (tertiary alicyclic amines) is 1. The van der Waals surface area contributed by atoms with Crippen LogP contribution in [-0.4, -0.2) is 281 Å². The van der Waals surface area contributed by atoms with E-state index in [1.54, 1.807) is 32.8 Å². The molecule has 32 heteroatoms. The molecule has 1 aliphatic heterocycles. The van der Waals surface area contributed by atoms with Crippen molar-refractivity contribution < 1.29 is 160 Å². The van der Waals surface area contributed by atoms with E-state index >= 15 is 0 Å². The quantitative estimate of drug-likeness (QED) is 0.0190. The van der Waals surface area contributed by atoms with Gasteiger partial charge in [0, 0.05) is 211 Å². The summed E-state index contributed by atoms with van der Waals surface area (Å²) in [5.74, 6) is -3.77. The molecule has 17 atom stereocenters. The van der Waals surface area contributed by atoms with Gasteiger partial charge in [-0.25, -0.2) is 4.79 Å². The Balaban J connectivity index is 0.0000354. The number of rotatable bonds is 65. The summed E-state index contributed by atoms with van der Waals surface area (Å²) in [6.07, 6.45) is 11.9. The molecule has 3 saturated carbocycles. The van der Waals surface area contributed by atoms with Gasteiger partial charge in [0.25, 0.3) is 0 Å². The average Bonchev–Trinajstić information content (AvgIpc) is 1.62. The van der Waals surface area contributed by atoms with Crippen molar-refractivity contribution in [3.63, 3.8) is 0 Å². The maximum atomic E-state index is 14.1. The Morgan fingerprint density at radius 3 is 1.15 bits per heavy atom. The normalized spacial score (nSPS) is 25.7. The molecule has 3 aliphatic carbocycles. The molecule has 0 aromatic carbocycles. The molecule has 15 unspecified atom stereocenters. The van der Waals surface area contributed by atoms with E-state index in [9.17, 15) is 94.2 Å². The van der Waals surface area contributed by atoms with Gasteiger partial charge in [-0.05, 0) is 135 Å². The number of unbranched alkanes of at least 4 members (excludes halogenated alkanes) is 13. The molecule has 1 heterocycles. The minimum Gasteiger partial charge on any atom is -0.466 e. The van der Waals surface area contributed by atoms with Crippen LogP contribution in [-0.2, 0) is 104 Å². The fourth-order valence-corrected chi connectivity index (χ4v) is 16.3. The van der Waals surface area contributed by atoms with Crippen molar-refractivity contribution in [3.8, 4) is 0 Å². The maximum absolute atomic E-state index is 14.1. The number of Topliss-reactive ketones (excluding diaryl/α,β-unsaturated/α-hetero) is 2. The molecule has 4 fully saturated rings. The molecule has 117 heavy (non-hydrogen) atoms. The molecule has 5 amide bonds. The average molecular weight is 1750 g/mol. The van der Waals surface area contributed by atoms with E-state index in [2.05, 4.69) is 21.3 Å². The van der Waals surface area contributed by atoms with Gasteiger partial charge >= 0.3 is 18.0 Å². The van der Waals surface area contributed by atoms with Crippen LogP contribution < -0.4 is 21.3 Å². The molecule has 0 bridgehead atoms. The van der Waals surface area contributed by atoms with Crippen molar-refractivity contribution in [3.05, 3.63) is 0 Å². The molecule has 14 N–H and O–H groups in total. The number of esters is 2. The number of aliphatic hydroxyl groups excluding tert-OH is 10. The summed E-state index contributed by atoms with van der Waals surface area (Å²) in [5.41, 5.74) is -0.980. The van der Waals surface area contributed by atoms with Crippen LogP contribution in [0.1, 0.15) is 278 Å². The first-order valence-electron chi connectivity index (χ1n) is 44.1. The van der Waals surface area contributed by atoms with Crippen LogP contribution in [0.2, 0.25) is 0 Å². The third-order valence-electron chi connectivity index (χ3n) is 24.1. The monoisotopic (exact) mass is 1750 g/mol. The van der Waals surface area contributed by atoms with Gasteiger partial charge in [0.1, 0.15) is 11.6 Å². The van der Waals surface area contributed by atoms with Gasteiger partial charge in [0.15, 0.2) is 0 Å². The zero-order chi connectivity index (χ0) is 85.1. The van der Waals surface area contributed by atoms with E-state index in [0.29, 0.717) is 174 Å². The standard InChI is InChI=1S/C85H151N5O26.Y/c1-59-69(50-62(55-91)81(106)78(59)103)111-44-22-30-66(95)28-14-8-5-13-21-43-88-84(109)116-49-27-40-85(89-74(99)37-36-67(96)29-17-18-33-75(100)90-54-68(110-4)53-65(90)58-94,38-25-47-114-76(101)34-15-9-6-11-19-41-86-72(97)31-23-45-112-70-51-63(56-92)82(107)79(104)60(70)2)39-26-48-115-77(102)35-16-10-7-12-20-42-87-73(98)32-24-46-113-71-52-64(57-93)83(108)80(105)61(71)3;/h59-65,68-71,78-83,91-94,103-108H,5-58H2,1-4H3,(H,86,97)(H,87,98)(H,88,109)(H,89,99);/t59?,60?,61?,62?,63?,64?,65-,68+,69?,70?,71?,78?,79?,80?,81?,82?,83?,85?;/m1./s1. The van der Waals surface area contributed by atoms with E-state index in [-0.39, 0.29) is 220 Å². The fourth-order valence-electron chi connectivity index (χ4n) is 16.3. The van der Waals surface area contributed by atoms with Crippen molar-refractivity contribution in [1.82, 2.24) is 26.2 Å². The molecule has 0 aromatic rings. The van der Waals surface area contributed by atoms with Crippen molar-refractivity contribution in [1.29, 1.82) is 0 Å². The second-order valence-electron chi connectivity index (χ2n) is 33.3. The van der Waals surface area contributed by atoms with E-state index in [0.717, 1.165) is 77.0 Å². The summed E-state index contributed by atoms with van der Waals surface area (Å²) >= 11 is 0. The number of methoxy groups -OCH3 is 1. The summed E-state index contributed by atoms with van der Waals surface area (Å²) in [5, 5.41) is 112. The Hall–Kier alpha value is -4.03. The van der Waals surface area contributed by atoms with Gasteiger partial charge in [-0.15, -0.1) is 0 Å². The number of amides is 5. The number of ether oxygens (including phenoxy) is 7. The zero-order valence-corrected chi connectivity index (χ0v) is 73.9. The van der Waals surface area contributed by atoms with Crippen LogP contribution in [0, 0.1) is 35.5 Å². The number of nitrogens with one attached hydrogen (secondary N) is 4. The second kappa shape index (κ2) is 63.0. The first-order valence-corrected chi connectivity index (χ1v) is 44.1. The summed E-state index contributed by atoms with van der Waals surface area (Å²) < 4.78 is 40.3. The van der Waals surface area contributed by atoms with Gasteiger partial charge in [-0.3, -0.25) is 38.4 Å². The number of alkyl carbamates (subject to hydrolysis) is 1. The number of hydrogen-bond donors (Lipinski definition) is 14. The van der Waals surface area contributed by atoms with Crippen LogP contribution in [0.15, 0.2) is 0 Å². The smallest absolute Gasteiger partial charge is 0.407 e. The van der Waals surface area contributed by atoms with Crippen molar-refractivity contribution >= 4 is 53.2 Å². The number of carbonyl (C=O) groups excluding carboxylic acids is 9. The Morgan fingerprint density at radius 2 is 0.726 bits per heavy atom. The molecule has 31 nitrogen and oxygen atoms in total. The summed E-state index contributed by atoms with van der Waals surface area (Å²) in [4.78, 5) is 119. The number of hydrogen-bond acceptors (Lipinski definition) is 26. The Kier molecular flexibility index (Phi) is 57.7.